The zero-order valence-electron chi connectivity index (χ0n) is 17.1. The largest absolute Gasteiger partial charge is 0.495 e. The molecule has 2 heterocycles. The summed E-state index contributed by atoms with van der Waals surface area (Å²) in [7, 11) is 1.64. The molecule has 0 unspecified atom stereocenters. The molecule has 31 heavy (non-hydrogen) atoms. The molecule has 0 aliphatic carbocycles. The molecule has 7 nitrogen and oxygen atoms in total. The predicted molar refractivity (Wildman–Crippen MR) is 122 cm³/mol. The molecule has 0 radical (unpaired) electrons. The molecule has 1 aliphatic rings. The van der Waals surface area contributed by atoms with Gasteiger partial charge in [0.15, 0.2) is 11.6 Å². The van der Waals surface area contributed by atoms with Crippen molar-refractivity contribution < 1.29 is 13.9 Å². The Bertz CT molecular complexity index is 1110. The van der Waals surface area contributed by atoms with Crippen LogP contribution in [0.15, 0.2) is 65.7 Å². The molecule has 0 fully saturated rings. The molecular weight excluding hydrogens is 417 g/mol. The third kappa shape index (κ3) is 5.18. The number of nitrogens with one attached hydrogen (secondary N) is 2. The molecule has 2 aromatic carbocycles. The average Bonchev–Trinajstić information content (AvgIpc) is 3.22. The van der Waals surface area contributed by atoms with E-state index in [2.05, 4.69) is 19.4 Å². The summed E-state index contributed by atoms with van der Waals surface area (Å²) in [6.45, 7) is 3.02. The Hall–Kier alpha value is -3.46. The molecule has 3 aromatic rings. The lowest BCUT2D eigenvalue weighted by atomic mass is 10.1. The third-order valence-electron chi connectivity index (χ3n) is 4.50. The maximum atomic E-state index is 13.0. The number of halogens is 1. The normalized spacial score (nSPS) is 14.7. The fourth-order valence-corrected chi connectivity index (χ4v) is 3.57. The van der Waals surface area contributed by atoms with E-state index in [4.69, 9.17) is 9.47 Å². The number of hydrogen-bond acceptors (Lipinski definition) is 7. The van der Waals surface area contributed by atoms with E-state index >= 15 is 0 Å². The lowest BCUT2D eigenvalue weighted by molar-refractivity contribution is 0.233. The molecular formula is C22H22FN5O2S. The van der Waals surface area contributed by atoms with E-state index in [1.165, 1.54) is 24.3 Å². The zero-order valence-corrected chi connectivity index (χ0v) is 17.9. The van der Waals surface area contributed by atoms with Gasteiger partial charge in [0.2, 0.25) is 0 Å². The van der Waals surface area contributed by atoms with Crippen LogP contribution in [0.5, 0.6) is 5.75 Å². The molecule has 4 rings (SSSR count). The minimum atomic E-state index is -0.275. The molecule has 9 heteroatoms. The number of aliphatic imine (C=N–C) groups is 1. The first kappa shape index (κ1) is 20.8. The summed E-state index contributed by atoms with van der Waals surface area (Å²) >= 11 is 1.23. The van der Waals surface area contributed by atoms with Crippen LogP contribution in [0.2, 0.25) is 0 Å². The number of amidine groups is 1. The highest BCUT2D eigenvalue weighted by Crippen LogP contribution is 2.26. The SMILES string of the molecule is COc1cc(/C=C2\OCCN=C2NSNc2ccc(F)cc2)ccc1-n1cnc(C)c1. The number of benzene rings is 2. The number of aryl methyl sites for hydroxylation is 1. The van der Waals surface area contributed by atoms with E-state index in [0.29, 0.717) is 24.7 Å². The van der Waals surface area contributed by atoms with Crippen LogP contribution in [0, 0.1) is 12.7 Å². The van der Waals surface area contributed by atoms with Crippen LogP contribution in [-0.2, 0) is 4.74 Å². The summed E-state index contributed by atoms with van der Waals surface area (Å²) in [5.74, 6) is 1.71. The lowest BCUT2D eigenvalue weighted by Gasteiger charge is -2.18. The second-order valence-electron chi connectivity index (χ2n) is 6.75. The van der Waals surface area contributed by atoms with Crippen molar-refractivity contribution in [2.24, 2.45) is 4.99 Å². The van der Waals surface area contributed by atoms with Crippen molar-refractivity contribution >= 4 is 29.7 Å². The smallest absolute Gasteiger partial charge is 0.175 e. The Labute approximate surface area is 184 Å². The van der Waals surface area contributed by atoms with Crippen LogP contribution >= 0.6 is 12.1 Å². The van der Waals surface area contributed by atoms with Crippen LogP contribution in [0.1, 0.15) is 11.3 Å². The van der Waals surface area contributed by atoms with Gasteiger partial charge in [-0.25, -0.2) is 9.37 Å². The van der Waals surface area contributed by atoms with Gasteiger partial charge >= 0.3 is 0 Å². The number of anilines is 1. The van der Waals surface area contributed by atoms with Crippen LogP contribution < -0.4 is 14.2 Å². The lowest BCUT2D eigenvalue weighted by Crippen LogP contribution is -2.26. The van der Waals surface area contributed by atoms with Crippen molar-refractivity contribution in [3.8, 4) is 11.4 Å². The Morgan fingerprint density at radius 1 is 1.19 bits per heavy atom. The summed E-state index contributed by atoms with van der Waals surface area (Å²) in [4.78, 5) is 8.78. The molecule has 0 bridgehead atoms. The van der Waals surface area contributed by atoms with Crippen molar-refractivity contribution in [3.63, 3.8) is 0 Å². The van der Waals surface area contributed by atoms with Gasteiger partial charge in [-0.1, -0.05) is 6.07 Å². The second kappa shape index (κ2) is 9.57. The maximum absolute atomic E-state index is 13.0. The van der Waals surface area contributed by atoms with E-state index in [0.717, 1.165) is 28.4 Å². The minimum absolute atomic E-state index is 0.275. The van der Waals surface area contributed by atoms with Gasteiger partial charge in [-0.15, -0.1) is 0 Å². The van der Waals surface area contributed by atoms with Crippen molar-refractivity contribution in [2.75, 3.05) is 25.0 Å². The van der Waals surface area contributed by atoms with Gasteiger partial charge in [0, 0.05) is 11.9 Å². The van der Waals surface area contributed by atoms with Crippen molar-refractivity contribution in [2.45, 2.75) is 6.92 Å². The van der Waals surface area contributed by atoms with Crippen LogP contribution in [-0.4, -0.2) is 35.6 Å². The molecule has 2 N–H and O–H groups in total. The van der Waals surface area contributed by atoms with E-state index in [1.54, 1.807) is 25.6 Å². The number of methoxy groups -OCH3 is 1. The Morgan fingerprint density at radius 3 is 2.77 bits per heavy atom. The first-order chi connectivity index (χ1) is 15.1. The fourth-order valence-electron chi connectivity index (χ4n) is 3.00. The van der Waals surface area contributed by atoms with Gasteiger partial charge in [-0.2, -0.15) is 0 Å². The number of hydrogen-bond donors (Lipinski definition) is 2. The van der Waals surface area contributed by atoms with E-state index in [9.17, 15) is 4.39 Å². The first-order valence-electron chi connectivity index (χ1n) is 9.64. The van der Waals surface area contributed by atoms with Gasteiger partial charge in [-0.3, -0.25) is 9.71 Å². The average molecular weight is 440 g/mol. The van der Waals surface area contributed by atoms with E-state index < -0.39 is 0 Å². The zero-order chi connectivity index (χ0) is 21.6. The summed E-state index contributed by atoms with van der Waals surface area (Å²) in [6, 6.07) is 12.0. The van der Waals surface area contributed by atoms with Crippen molar-refractivity contribution in [1.29, 1.82) is 0 Å². The van der Waals surface area contributed by atoms with Crippen molar-refractivity contribution in [1.82, 2.24) is 14.3 Å². The standard InChI is InChI=1S/C22H22FN5O2S/c1-15-13-28(14-25-15)19-8-3-16(11-20(19)29-2)12-21-22(24-9-10-30-21)27-31-26-18-6-4-17(23)5-7-18/h3-8,11-14,26H,9-10H2,1-2H3,(H,24,27)/b21-12-. The van der Waals surface area contributed by atoms with Gasteiger partial charge in [-0.05, 0) is 55.0 Å². The molecule has 160 valence electrons. The van der Waals surface area contributed by atoms with Gasteiger partial charge in [0.05, 0.1) is 43.5 Å². The molecule has 0 saturated heterocycles. The number of nitrogens with zero attached hydrogens (tertiary/aromatic N) is 3. The summed E-state index contributed by atoms with van der Waals surface area (Å²) in [5.41, 5.74) is 3.53. The van der Waals surface area contributed by atoms with Gasteiger partial charge in [0.25, 0.3) is 0 Å². The number of imidazole rings is 1. The Morgan fingerprint density at radius 2 is 2.03 bits per heavy atom. The number of aromatic nitrogens is 2. The second-order valence-corrected chi connectivity index (χ2v) is 7.37. The Balaban J connectivity index is 1.48. The topological polar surface area (TPSA) is 72.7 Å². The molecule has 0 saturated carbocycles. The van der Waals surface area contributed by atoms with E-state index in [-0.39, 0.29) is 5.82 Å². The molecule has 0 amide bonds. The highest BCUT2D eigenvalue weighted by molar-refractivity contribution is 7.99. The molecule has 0 spiro atoms. The first-order valence-corrected chi connectivity index (χ1v) is 10.5. The van der Waals surface area contributed by atoms with E-state index in [1.807, 2.05) is 42.0 Å². The fraction of sp³-hybridized carbons (Fsp3) is 0.182. The maximum Gasteiger partial charge on any atom is 0.175 e. The third-order valence-corrected chi connectivity index (χ3v) is 5.14. The summed E-state index contributed by atoms with van der Waals surface area (Å²) in [5, 5.41) is 0. The number of rotatable bonds is 6. The monoisotopic (exact) mass is 439 g/mol. The molecule has 1 aromatic heterocycles. The molecule has 1 aliphatic heterocycles. The summed E-state index contributed by atoms with van der Waals surface area (Å²) < 4.78 is 32.6. The van der Waals surface area contributed by atoms with Crippen LogP contribution in [0.25, 0.3) is 11.8 Å². The highest BCUT2D eigenvalue weighted by atomic mass is 32.2. The predicted octanol–water partition coefficient (Wildman–Crippen LogP) is 4.36. The van der Waals surface area contributed by atoms with Gasteiger partial charge in [0.1, 0.15) is 18.2 Å². The Kier molecular flexibility index (Phi) is 6.42. The minimum Gasteiger partial charge on any atom is -0.495 e. The van der Waals surface area contributed by atoms with Crippen LogP contribution in [0.4, 0.5) is 10.1 Å². The van der Waals surface area contributed by atoms with Crippen molar-refractivity contribution in [3.05, 3.63) is 77.8 Å². The quantitative estimate of drug-likeness (QED) is 0.556. The van der Waals surface area contributed by atoms with Crippen LogP contribution in [0.3, 0.4) is 0 Å². The highest BCUT2D eigenvalue weighted by Gasteiger charge is 2.15. The van der Waals surface area contributed by atoms with Gasteiger partial charge < -0.3 is 18.8 Å². The molecule has 0 atom stereocenters. The summed E-state index contributed by atoms with van der Waals surface area (Å²) in [6.07, 6.45) is 5.62. The number of ether oxygens (including phenoxy) is 2.